The van der Waals surface area contributed by atoms with Crippen molar-refractivity contribution in [2.75, 3.05) is 31.1 Å². The second-order valence-corrected chi connectivity index (χ2v) is 9.45. The fraction of sp³-hybridized carbons (Fsp3) is 0.185. The summed E-state index contributed by atoms with van der Waals surface area (Å²) in [4.78, 5) is 22.2. The molecular formula is C27H24ClN3O2S. The van der Waals surface area contributed by atoms with Gasteiger partial charge in [-0.05, 0) is 42.1 Å². The summed E-state index contributed by atoms with van der Waals surface area (Å²) < 4.78 is 6.04. The minimum atomic E-state index is -0.202. The highest BCUT2D eigenvalue weighted by Crippen LogP contribution is 2.33. The second-order valence-electron chi connectivity index (χ2n) is 8.04. The molecule has 1 amide bonds. The number of ether oxygens (including phenoxy) is 1. The Bertz CT molecular complexity index is 1240. The SMILES string of the molecule is O=C1N=C(N2CCN(c3ccccc3)CC2)S/C1=C\c1ccccc1OCc1ccccc1Cl. The molecule has 0 bridgehead atoms. The van der Waals surface area contributed by atoms with Crippen molar-refractivity contribution in [2.24, 2.45) is 4.99 Å². The lowest BCUT2D eigenvalue weighted by molar-refractivity contribution is -0.113. The molecule has 0 unspecified atom stereocenters. The highest BCUT2D eigenvalue weighted by molar-refractivity contribution is 8.18. The van der Waals surface area contributed by atoms with Crippen molar-refractivity contribution in [3.63, 3.8) is 0 Å². The van der Waals surface area contributed by atoms with Crippen molar-refractivity contribution < 1.29 is 9.53 Å². The normalized spacial score (nSPS) is 17.3. The van der Waals surface area contributed by atoms with Crippen LogP contribution in [0.15, 0.2) is 88.8 Å². The van der Waals surface area contributed by atoms with E-state index in [0.717, 1.165) is 42.5 Å². The predicted molar refractivity (Wildman–Crippen MR) is 140 cm³/mol. The molecule has 0 aromatic heterocycles. The van der Waals surface area contributed by atoms with Gasteiger partial charge in [-0.3, -0.25) is 4.79 Å². The van der Waals surface area contributed by atoms with Gasteiger partial charge >= 0.3 is 0 Å². The van der Waals surface area contributed by atoms with Gasteiger partial charge in [-0.2, -0.15) is 4.99 Å². The number of carbonyl (C=O) groups is 1. The van der Waals surface area contributed by atoms with E-state index in [1.54, 1.807) is 0 Å². The Morgan fingerprint density at radius 2 is 1.56 bits per heavy atom. The zero-order valence-electron chi connectivity index (χ0n) is 18.6. The van der Waals surface area contributed by atoms with Crippen molar-refractivity contribution in [3.05, 3.63) is 99.9 Å². The van der Waals surface area contributed by atoms with Crippen LogP contribution in [0.3, 0.4) is 0 Å². The fourth-order valence-corrected chi connectivity index (χ4v) is 5.12. The quantitative estimate of drug-likeness (QED) is 0.429. The van der Waals surface area contributed by atoms with Crippen molar-refractivity contribution in [1.29, 1.82) is 0 Å². The number of para-hydroxylation sites is 2. The summed E-state index contributed by atoms with van der Waals surface area (Å²) in [5.41, 5.74) is 2.99. The third-order valence-corrected chi connectivity index (χ3v) is 7.24. The smallest absolute Gasteiger partial charge is 0.286 e. The lowest BCUT2D eigenvalue weighted by atomic mass is 10.2. The summed E-state index contributed by atoms with van der Waals surface area (Å²) >= 11 is 7.69. The van der Waals surface area contributed by atoms with Crippen molar-refractivity contribution in [3.8, 4) is 5.75 Å². The molecule has 1 fully saturated rings. The molecule has 0 spiro atoms. The molecule has 7 heteroatoms. The van der Waals surface area contributed by atoms with Gasteiger partial charge in [-0.25, -0.2) is 0 Å². The highest BCUT2D eigenvalue weighted by atomic mass is 35.5. The molecule has 0 saturated carbocycles. The zero-order valence-corrected chi connectivity index (χ0v) is 20.1. The number of amidine groups is 1. The number of hydrogen-bond donors (Lipinski definition) is 0. The number of carbonyl (C=O) groups excluding carboxylic acids is 1. The monoisotopic (exact) mass is 489 g/mol. The number of amides is 1. The molecule has 172 valence electrons. The van der Waals surface area contributed by atoms with Crippen LogP contribution in [0.5, 0.6) is 5.75 Å². The number of benzene rings is 3. The first-order chi connectivity index (χ1) is 16.7. The number of hydrogen-bond acceptors (Lipinski definition) is 5. The Kier molecular flexibility index (Phi) is 6.88. The number of aliphatic imine (C=N–C) groups is 1. The maximum Gasteiger partial charge on any atom is 0.286 e. The lowest BCUT2D eigenvalue weighted by Gasteiger charge is -2.36. The molecule has 5 rings (SSSR count). The molecule has 2 aliphatic heterocycles. The standard InChI is InChI=1S/C27H24ClN3O2S/c28-23-12-6-4-9-21(23)19-33-24-13-7-5-8-20(24)18-25-26(32)29-27(34-25)31-16-14-30(15-17-31)22-10-2-1-3-11-22/h1-13,18H,14-17,19H2/b25-18-. The summed E-state index contributed by atoms with van der Waals surface area (Å²) in [6.45, 7) is 3.82. The van der Waals surface area contributed by atoms with Crippen molar-refractivity contribution in [2.45, 2.75) is 6.61 Å². The Hall–Kier alpha value is -3.22. The van der Waals surface area contributed by atoms with Crippen LogP contribution in [0.1, 0.15) is 11.1 Å². The molecule has 5 nitrogen and oxygen atoms in total. The number of nitrogens with zero attached hydrogens (tertiary/aromatic N) is 3. The number of piperazine rings is 1. The number of thioether (sulfide) groups is 1. The first-order valence-electron chi connectivity index (χ1n) is 11.2. The average Bonchev–Trinajstić information content (AvgIpc) is 3.25. The van der Waals surface area contributed by atoms with Crippen LogP contribution in [0.4, 0.5) is 5.69 Å². The first kappa shape index (κ1) is 22.6. The molecule has 1 saturated heterocycles. The van der Waals surface area contributed by atoms with Crippen LogP contribution in [0.25, 0.3) is 6.08 Å². The van der Waals surface area contributed by atoms with Gasteiger partial charge in [0.15, 0.2) is 5.17 Å². The number of rotatable bonds is 5. The Morgan fingerprint density at radius 3 is 2.35 bits per heavy atom. The largest absolute Gasteiger partial charge is 0.488 e. The van der Waals surface area contributed by atoms with Gasteiger partial charge in [0.2, 0.25) is 0 Å². The van der Waals surface area contributed by atoms with Crippen molar-refractivity contribution >= 4 is 46.2 Å². The number of halogens is 1. The Morgan fingerprint density at radius 1 is 0.882 bits per heavy atom. The van der Waals surface area contributed by atoms with E-state index in [1.165, 1.54) is 17.4 Å². The van der Waals surface area contributed by atoms with E-state index in [2.05, 4.69) is 39.1 Å². The highest BCUT2D eigenvalue weighted by Gasteiger charge is 2.28. The molecule has 0 atom stereocenters. The van der Waals surface area contributed by atoms with Gasteiger partial charge in [-0.1, -0.05) is 66.2 Å². The molecular weight excluding hydrogens is 466 g/mol. The van der Waals surface area contributed by atoms with Gasteiger partial charge in [0.25, 0.3) is 5.91 Å². The molecule has 3 aromatic rings. The van der Waals surface area contributed by atoms with E-state index < -0.39 is 0 Å². The molecule has 3 aromatic carbocycles. The molecule has 34 heavy (non-hydrogen) atoms. The summed E-state index contributed by atoms with van der Waals surface area (Å²) in [5.74, 6) is 0.500. The van der Waals surface area contributed by atoms with Crippen LogP contribution in [0, 0.1) is 0 Å². The van der Waals surface area contributed by atoms with Gasteiger partial charge in [0.05, 0.1) is 4.91 Å². The zero-order chi connectivity index (χ0) is 23.3. The molecule has 2 heterocycles. The Balaban J connectivity index is 1.24. The molecule has 0 aliphatic carbocycles. The predicted octanol–water partition coefficient (Wildman–Crippen LogP) is 5.71. The minimum Gasteiger partial charge on any atom is -0.488 e. The third kappa shape index (κ3) is 5.13. The van der Waals surface area contributed by atoms with Gasteiger partial charge in [0, 0.05) is 48.0 Å². The van der Waals surface area contributed by atoms with E-state index in [9.17, 15) is 4.79 Å². The van der Waals surface area contributed by atoms with Gasteiger partial charge < -0.3 is 14.5 Å². The summed E-state index contributed by atoms with van der Waals surface area (Å²) in [5, 5.41) is 1.45. The average molecular weight is 490 g/mol. The molecule has 0 N–H and O–H groups in total. The lowest BCUT2D eigenvalue weighted by Crippen LogP contribution is -2.47. The summed E-state index contributed by atoms with van der Waals surface area (Å²) in [6, 6.07) is 25.7. The topological polar surface area (TPSA) is 45.1 Å². The van der Waals surface area contributed by atoms with E-state index in [0.29, 0.717) is 22.3 Å². The molecule has 2 aliphatic rings. The van der Waals surface area contributed by atoms with E-state index in [1.807, 2.05) is 60.7 Å². The summed E-state index contributed by atoms with van der Waals surface area (Å²) in [7, 11) is 0. The third-order valence-electron chi connectivity index (χ3n) is 5.83. The maximum atomic E-state index is 12.7. The van der Waals surface area contributed by atoms with E-state index >= 15 is 0 Å². The Labute approximate surface area is 208 Å². The van der Waals surface area contributed by atoms with Crippen LogP contribution >= 0.6 is 23.4 Å². The second kappa shape index (κ2) is 10.4. The maximum absolute atomic E-state index is 12.7. The van der Waals surface area contributed by atoms with Gasteiger partial charge in [-0.15, -0.1) is 0 Å². The van der Waals surface area contributed by atoms with E-state index in [4.69, 9.17) is 16.3 Å². The van der Waals surface area contributed by atoms with Crippen molar-refractivity contribution in [1.82, 2.24) is 4.90 Å². The van der Waals surface area contributed by atoms with E-state index in [-0.39, 0.29) is 5.91 Å². The van der Waals surface area contributed by atoms with Crippen LogP contribution < -0.4 is 9.64 Å². The first-order valence-corrected chi connectivity index (χ1v) is 12.4. The minimum absolute atomic E-state index is 0.202. The van der Waals surface area contributed by atoms with Crippen LogP contribution in [-0.2, 0) is 11.4 Å². The van der Waals surface area contributed by atoms with Crippen LogP contribution in [-0.4, -0.2) is 42.2 Å². The van der Waals surface area contributed by atoms with Gasteiger partial charge in [0.1, 0.15) is 12.4 Å². The number of anilines is 1. The summed E-state index contributed by atoms with van der Waals surface area (Å²) in [6.07, 6.45) is 1.87. The fourth-order valence-electron chi connectivity index (χ4n) is 3.97. The molecule has 0 radical (unpaired) electrons. The van der Waals surface area contributed by atoms with Crippen LogP contribution in [0.2, 0.25) is 5.02 Å².